The van der Waals surface area contributed by atoms with Crippen molar-refractivity contribution in [1.82, 2.24) is 0 Å². The summed E-state index contributed by atoms with van der Waals surface area (Å²) in [6.07, 6.45) is 0. The van der Waals surface area contributed by atoms with Gasteiger partial charge in [0.1, 0.15) is 12.4 Å². The Balaban J connectivity index is 2.16. The smallest absolute Gasteiger partial charge is 0.123 e. The number of rotatable bonds is 4. The highest BCUT2D eigenvalue weighted by molar-refractivity contribution is 9.10. The van der Waals surface area contributed by atoms with Crippen LogP contribution in [0.5, 0.6) is 5.75 Å². The third-order valence-electron chi connectivity index (χ3n) is 3.28. The van der Waals surface area contributed by atoms with E-state index in [1.165, 1.54) is 5.56 Å². The highest BCUT2D eigenvalue weighted by Crippen LogP contribution is 2.27. The first kappa shape index (κ1) is 15.4. The minimum absolute atomic E-state index is 0.481. The van der Waals surface area contributed by atoms with E-state index in [0.29, 0.717) is 12.5 Å². The van der Waals surface area contributed by atoms with Crippen LogP contribution in [0.1, 0.15) is 36.5 Å². The minimum Gasteiger partial charge on any atom is -0.489 e. The second-order valence-corrected chi connectivity index (χ2v) is 6.53. The topological polar surface area (TPSA) is 9.23 Å². The van der Waals surface area contributed by atoms with Crippen LogP contribution in [0.15, 0.2) is 40.9 Å². The summed E-state index contributed by atoms with van der Waals surface area (Å²) in [5, 5.41) is 0.719. The Hall–Kier alpha value is -0.990. The van der Waals surface area contributed by atoms with Gasteiger partial charge in [-0.2, -0.15) is 0 Å². The largest absolute Gasteiger partial charge is 0.489 e. The molecule has 0 saturated heterocycles. The summed E-state index contributed by atoms with van der Waals surface area (Å²) >= 11 is 9.61. The first-order chi connectivity index (χ1) is 9.47. The van der Waals surface area contributed by atoms with Crippen molar-refractivity contribution < 1.29 is 4.74 Å². The van der Waals surface area contributed by atoms with E-state index in [0.717, 1.165) is 26.4 Å². The number of hydrogen-bond acceptors (Lipinski definition) is 1. The molecule has 0 N–H and O–H groups in total. The van der Waals surface area contributed by atoms with Crippen LogP contribution in [0.2, 0.25) is 5.02 Å². The molecule has 3 heteroatoms. The molecule has 0 radical (unpaired) electrons. The van der Waals surface area contributed by atoms with Crippen LogP contribution in [-0.2, 0) is 6.61 Å². The summed E-state index contributed by atoms with van der Waals surface area (Å²) in [5.74, 6) is 1.42. The van der Waals surface area contributed by atoms with E-state index in [9.17, 15) is 0 Å². The lowest BCUT2D eigenvalue weighted by molar-refractivity contribution is 0.303. The van der Waals surface area contributed by atoms with Gasteiger partial charge in [0, 0.05) is 15.1 Å². The molecule has 0 saturated carbocycles. The van der Waals surface area contributed by atoms with Crippen molar-refractivity contribution >= 4 is 27.5 Å². The second-order valence-electron chi connectivity index (χ2n) is 5.20. The first-order valence-electron chi connectivity index (χ1n) is 6.64. The molecule has 0 aliphatic rings. The van der Waals surface area contributed by atoms with E-state index in [1.807, 2.05) is 18.2 Å². The zero-order valence-electron chi connectivity index (χ0n) is 11.9. The Morgan fingerprint density at radius 3 is 2.55 bits per heavy atom. The van der Waals surface area contributed by atoms with E-state index in [4.69, 9.17) is 16.3 Å². The number of ether oxygens (including phenoxy) is 1. The molecule has 0 heterocycles. The number of hydrogen-bond donors (Lipinski definition) is 0. The van der Waals surface area contributed by atoms with Gasteiger partial charge in [-0.25, -0.2) is 0 Å². The Morgan fingerprint density at radius 1 is 1.15 bits per heavy atom. The van der Waals surface area contributed by atoms with Crippen LogP contribution in [0.3, 0.4) is 0 Å². The molecule has 0 atom stereocenters. The van der Waals surface area contributed by atoms with Crippen molar-refractivity contribution in [3.8, 4) is 5.75 Å². The first-order valence-corrected chi connectivity index (χ1v) is 7.81. The summed E-state index contributed by atoms with van der Waals surface area (Å²) in [6.45, 7) is 6.90. The molecule has 0 aromatic heterocycles. The van der Waals surface area contributed by atoms with Crippen molar-refractivity contribution in [3.63, 3.8) is 0 Å². The van der Waals surface area contributed by atoms with Gasteiger partial charge >= 0.3 is 0 Å². The van der Waals surface area contributed by atoms with Crippen LogP contribution in [-0.4, -0.2) is 0 Å². The molecule has 2 aromatic rings. The predicted molar refractivity (Wildman–Crippen MR) is 88.8 cm³/mol. The van der Waals surface area contributed by atoms with Gasteiger partial charge in [0.05, 0.1) is 0 Å². The maximum Gasteiger partial charge on any atom is 0.123 e. The van der Waals surface area contributed by atoms with Crippen molar-refractivity contribution in [1.29, 1.82) is 0 Å². The van der Waals surface area contributed by atoms with Crippen molar-refractivity contribution in [3.05, 3.63) is 62.6 Å². The third kappa shape index (κ3) is 3.77. The van der Waals surface area contributed by atoms with Gasteiger partial charge in [0.25, 0.3) is 0 Å². The van der Waals surface area contributed by atoms with Crippen LogP contribution >= 0.6 is 27.5 Å². The highest BCUT2D eigenvalue weighted by Gasteiger charge is 2.07. The fourth-order valence-electron chi connectivity index (χ4n) is 1.93. The standard InChI is InChI=1S/C17H18BrClO/c1-11(2)13-5-4-12(3)17(8-13)20-10-14-6-7-15(18)9-16(14)19/h4-9,11H,10H2,1-3H3. The monoisotopic (exact) mass is 352 g/mol. The summed E-state index contributed by atoms with van der Waals surface area (Å²) in [4.78, 5) is 0. The van der Waals surface area contributed by atoms with Gasteiger partial charge < -0.3 is 4.74 Å². The lowest BCUT2D eigenvalue weighted by Gasteiger charge is -2.13. The predicted octanol–water partition coefficient (Wildman–Crippen LogP) is 6.11. The molecule has 0 aliphatic carbocycles. The van der Waals surface area contributed by atoms with E-state index >= 15 is 0 Å². The van der Waals surface area contributed by atoms with Crippen LogP contribution in [0, 0.1) is 6.92 Å². The Morgan fingerprint density at radius 2 is 1.90 bits per heavy atom. The van der Waals surface area contributed by atoms with Gasteiger partial charge in [-0.15, -0.1) is 0 Å². The lowest BCUT2D eigenvalue weighted by atomic mass is 10.0. The molecule has 20 heavy (non-hydrogen) atoms. The van der Waals surface area contributed by atoms with Crippen molar-refractivity contribution in [2.45, 2.75) is 33.3 Å². The fraction of sp³-hybridized carbons (Fsp3) is 0.294. The molecule has 1 nitrogen and oxygen atoms in total. The molecule has 0 fully saturated rings. The van der Waals surface area contributed by atoms with E-state index in [2.05, 4.69) is 54.9 Å². The van der Waals surface area contributed by atoms with Gasteiger partial charge in [-0.05, 0) is 42.2 Å². The Labute approximate surface area is 134 Å². The van der Waals surface area contributed by atoms with E-state index < -0.39 is 0 Å². The fourth-order valence-corrected chi connectivity index (χ4v) is 2.65. The van der Waals surface area contributed by atoms with E-state index in [-0.39, 0.29) is 0 Å². The van der Waals surface area contributed by atoms with Crippen LogP contribution in [0.25, 0.3) is 0 Å². The maximum atomic E-state index is 6.21. The van der Waals surface area contributed by atoms with Gasteiger partial charge in [-0.3, -0.25) is 0 Å². The quantitative estimate of drug-likeness (QED) is 0.644. The maximum absolute atomic E-state index is 6.21. The molecular weight excluding hydrogens is 336 g/mol. The zero-order valence-corrected chi connectivity index (χ0v) is 14.3. The van der Waals surface area contributed by atoms with E-state index in [1.54, 1.807) is 0 Å². The average Bonchev–Trinajstić information content (AvgIpc) is 2.39. The summed E-state index contributed by atoms with van der Waals surface area (Å²) in [5.41, 5.74) is 3.42. The SMILES string of the molecule is Cc1ccc(C(C)C)cc1OCc1ccc(Br)cc1Cl. The van der Waals surface area contributed by atoms with Gasteiger partial charge in [0.2, 0.25) is 0 Å². The average molecular weight is 354 g/mol. The third-order valence-corrected chi connectivity index (χ3v) is 4.12. The summed E-state index contributed by atoms with van der Waals surface area (Å²) in [6, 6.07) is 12.2. The number of halogens is 2. The number of benzene rings is 2. The minimum atomic E-state index is 0.481. The molecule has 0 unspecified atom stereocenters. The van der Waals surface area contributed by atoms with Crippen molar-refractivity contribution in [2.75, 3.05) is 0 Å². The molecule has 0 spiro atoms. The van der Waals surface area contributed by atoms with Crippen LogP contribution in [0.4, 0.5) is 0 Å². The molecule has 0 bridgehead atoms. The summed E-state index contributed by atoms with van der Waals surface area (Å²) < 4.78 is 6.91. The van der Waals surface area contributed by atoms with Crippen molar-refractivity contribution in [2.24, 2.45) is 0 Å². The van der Waals surface area contributed by atoms with Gasteiger partial charge in [-0.1, -0.05) is 59.6 Å². The Bertz CT molecular complexity index is 608. The molecule has 106 valence electrons. The molecule has 0 aliphatic heterocycles. The van der Waals surface area contributed by atoms with Gasteiger partial charge in [0.15, 0.2) is 0 Å². The normalized spacial score (nSPS) is 10.9. The van der Waals surface area contributed by atoms with Crippen LogP contribution < -0.4 is 4.74 Å². The molecule has 0 amide bonds. The molecular formula is C17H18BrClO. The molecule has 2 aromatic carbocycles. The number of aryl methyl sites for hydroxylation is 1. The molecule has 2 rings (SSSR count). The second kappa shape index (κ2) is 6.64. The Kier molecular flexibility index (Phi) is 5.11. The summed E-state index contributed by atoms with van der Waals surface area (Å²) in [7, 11) is 0. The lowest BCUT2D eigenvalue weighted by Crippen LogP contribution is -1.99. The zero-order chi connectivity index (χ0) is 14.7. The highest BCUT2D eigenvalue weighted by atomic mass is 79.9.